The minimum atomic E-state index is 0.0993. The summed E-state index contributed by atoms with van der Waals surface area (Å²) in [6.07, 6.45) is 3.15. The van der Waals surface area contributed by atoms with Crippen LogP contribution in [0, 0.1) is 0 Å². The fourth-order valence-corrected chi connectivity index (χ4v) is 1.84. The summed E-state index contributed by atoms with van der Waals surface area (Å²) in [5.74, 6) is 0.342. The molecule has 1 aromatic carbocycles. The van der Waals surface area contributed by atoms with E-state index in [0.717, 1.165) is 10.9 Å². The van der Waals surface area contributed by atoms with E-state index in [1.807, 2.05) is 24.3 Å². The maximum absolute atomic E-state index is 11.6. The first-order chi connectivity index (χ1) is 8.13. The normalized spacial score (nSPS) is 11.9. The second kappa shape index (κ2) is 7.28. The van der Waals surface area contributed by atoms with E-state index in [-0.39, 0.29) is 11.8 Å². The first-order valence-corrected chi connectivity index (χ1v) is 6.56. The molecule has 0 bridgehead atoms. The molecule has 1 aromatic rings. The Bertz CT molecular complexity index is 372. The summed E-state index contributed by atoms with van der Waals surface area (Å²) < 4.78 is 1.06. The average Bonchev–Trinajstić information content (AvgIpc) is 2.30. The Morgan fingerprint density at radius 1 is 1.47 bits per heavy atom. The quantitative estimate of drug-likeness (QED) is 0.630. The number of amides is 1. The van der Waals surface area contributed by atoms with Gasteiger partial charge in [-0.3, -0.25) is 4.79 Å². The van der Waals surface area contributed by atoms with Gasteiger partial charge in [0.05, 0.1) is 0 Å². The summed E-state index contributed by atoms with van der Waals surface area (Å²) in [7, 11) is 0. The molecule has 1 rings (SSSR count). The first kappa shape index (κ1) is 14.0. The van der Waals surface area contributed by atoms with Gasteiger partial charge >= 0.3 is 0 Å². The third kappa shape index (κ3) is 5.18. The molecule has 0 aliphatic rings. The van der Waals surface area contributed by atoms with Gasteiger partial charge in [0.25, 0.3) is 0 Å². The van der Waals surface area contributed by atoms with Gasteiger partial charge in [0.15, 0.2) is 0 Å². The lowest BCUT2D eigenvalue weighted by molar-refractivity contribution is -0.121. The van der Waals surface area contributed by atoms with Crippen LogP contribution < -0.4 is 5.32 Å². The zero-order chi connectivity index (χ0) is 12.7. The summed E-state index contributed by atoms with van der Waals surface area (Å²) in [4.78, 5) is 11.6. The highest BCUT2D eigenvalue weighted by atomic mass is 79.9. The third-order valence-electron chi connectivity index (χ3n) is 2.60. The standard InChI is InChI=1S/C14H18BrNO/c1-3-4-9-16-14(17)10-11(2)12-5-7-13(15)8-6-12/h3,5-8,11H,1,4,9-10H2,2H3,(H,16,17). The van der Waals surface area contributed by atoms with Crippen LogP contribution in [0.15, 0.2) is 41.4 Å². The van der Waals surface area contributed by atoms with E-state index < -0.39 is 0 Å². The highest BCUT2D eigenvalue weighted by Gasteiger charge is 2.10. The molecule has 0 radical (unpaired) electrons. The summed E-state index contributed by atoms with van der Waals surface area (Å²) in [6.45, 7) is 6.36. The molecule has 0 saturated carbocycles. The maximum atomic E-state index is 11.6. The van der Waals surface area contributed by atoms with Gasteiger partial charge in [-0.05, 0) is 30.0 Å². The monoisotopic (exact) mass is 295 g/mol. The van der Waals surface area contributed by atoms with Crippen molar-refractivity contribution in [3.63, 3.8) is 0 Å². The van der Waals surface area contributed by atoms with E-state index in [1.165, 1.54) is 5.56 Å². The average molecular weight is 296 g/mol. The van der Waals surface area contributed by atoms with Gasteiger partial charge in [0.2, 0.25) is 5.91 Å². The molecular weight excluding hydrogens is 278 g/mol. The van der Waals surface area contributed by atoms with Gasteiger partial charge in [-0.15, -0.1) is 6.58 Å². The van der Waals surface area contributed by atoms with E-state index in [4.69, 9.17) is 0 Å². The molecule has 0 heterocycles. The molecule has 3 heteroatoms. The summed E-state index contributed by atoms with van der Waals surface area (Å²) in [5, 5.41) is 2.88. The Morgan fingerprint density at radius 3 is 2.71 bits per heavy atom. The number of halogens is 1. The van der Waals surface area contributed by atoms with Crippen molar-refractivity contribution < 1.29 is 4.79 Å². The Kier molecular flexibility index (Phi) is 5.98. The van der Waals surface area contributed by atoms with E-state index in [0.29, 0.717) is 13.0 Å². The van der Waals surface area contributed by atoms with Gasteiger partial charge in [0.1, 0.15) is 0 Å². The number of rotatable bonds is 6. The summed E-state index contributed by atoms with van der Waals surface area (Å²) in [5.41, 5.74) is 1.19. The van der Waals surface area contributed by atoms with Crippen molar-refractivity contribution in [3.8, 4) is 0 Å². The first-order valence-electron chi connectivity index (χ1n) is 5.76. The number of carbonyl (C=O) groups excluding carboxylic acids is 1. The van der Waals surface area contributed by atoms with Crippen molar-refractivity contribution in [2.45, 2.75) is 25.7 Å². The van der Waals surface area contributed by atoms with Gasteiger partial charge in [-0.25, -0.2) is 0 Å². The maximum Gasteiger partial charge on any atom is 0.220 e. The van der Waals surface area contributed by atoms with E-state index in [1.54, 1.807) is 6.08 Å². The molecule has 0 spiro atoms. The molecular formula is C14H18BrNO. The van der Waals surface area contributed by atoms with Gasteiger partial charge < -0.3 is 5.32 Å². The van der Waals surface area contributed by atoms with Gasteiger partial charge in [0, 0.05) is 17.4 Å². The van der Waals surface area contributed by atoms with Crippen LogP contribution in [0.4, 0.5) is 0 Å². The van der Waals surface area contributed by atoms with Crippen LogP contribution in [-0.4, -0.2) is 12.5 Å². The van der Waals surface area contributed by atoms with Crippen molar-refractivity contribution >= 4 is 21.8 Å². The Balaban J connectivity index is 2.42. The lowest BCUT2D eigenvalue weighted by Gasteiger charge is -2.11. The molecule has 1 unspecified atom stereocenters. The van der Waals surface area contributed by atoms with Crippen molar-refractivity contribution in [2.75, 3.05) is 6.54 Å². The number of benzene rings is 1. The van der Waals surface area contributed by atoms with Crippen LogP contribution in [-0.2, 0) is 4.79 Å². The van der Waals surface area contributed by atoms with Crippen LogP contribution in [0.3, 0.4) is 0 Å². The van der Waals surface area contributed by atoms with Gasteiger partial charge in [-0.1, -0.05) is 41.1 Å². The van der Waals surface area contributed by atoms with E-state index in [2.05, 4.69) is 34.7 Å². The largest absolute Gasteiger partial charge is 0.356 e. The van der Waals surface area contributed by atoms with Crippen LogP contribution in [0.1, 0.15) is 31.2 Å². The lowest BCUT2D eigenvalue weighted by atomic mass is 9.97. The van der Waals surface area contributed by atoms with Crippen molar-refractivity contribution in [2.24, 2.45) is 0 Å². The zero-order valence-corrected chi connectivity index (χ0v) is 11.7. The molecule has 0 saturated heterocycles. The SMILES string of the molecule is C=CCCNC(=O)CC(C)c1ccc(Br)cc1. The Hall–Kier alpha value is -1.09. The predicted octanol–water partition coefficient (Wildman–Crippen LogP) is 3.64. The second-order valence-corrected chi connectivity index (χ2v) is 5.00. The van der Waals surface area contributed by atoms with Crippen LogP contribution in [0.5, 0.6) is 0 Å². The molecule has 1 N–H and O–H groups in total. The Morgan fingerprint density at radius 2 is 2.12 bits per heavy atom. The summed E-state index contributed by atoms with van der Waals surface area (Å²) >= 11 is 3.40. The van der Waals surface area contributed by atoms with Crippen molar-refractivity contribution in [3.05, 3.63) is 47.0 Å². The van der Waals surface area contributed by atoms with Crippen LogP contribution >= 0.6 is 15.9 Å². The minimum absolute atomic E-state index is 0.0993. The molecule has 2 nitrogen and oxygen atoms in total. The minimum Gasteiger partial charge on any atom is -0.356 e. The van der Waals surface area contributed by atoms with E-state index in [9.17, 15) is 4.79 Å². The molecule has 0 aromatic heterocycles. The van der Waals surface area contributed by atoms with Crippen LogP contribution in [0.2, 0.25) is 0 Å². The fourth-order valence-electron chi connectivity index (χ4n) is 1.57. The number of carbonyl (C=O) groups is 1. The van der Waals surface area contributed by atoms with Crippen molar-refractivity contribution in [1.29, 1.82) is 0 Å². The Labute approximate surface area is 111 Å². The highest BCUT2D eigenvalue weighted by molar-refractivity contribution is 9.10. The topological polar surface area (TPSA) is 29.1 Å². The second-order valence-electron chi connectivity index (χ2n) is 4.08. The highest BCUT2D eigenvalue weighted by Crippen LogP contribution is 2.20. The smallest absolute Gasteiger partial charge is 0.220 e. The van der Waals surface area contributed by atoms with Gasteiger partial charge in [-0.2, -0.15) is 0 Å². The molecule has 0 aliphatic carbocycles. The van der Waals surface area contributed by atoms with E-state index >= 15 is 0 Å². The van der Waals surface area contributed by atoms with Crippen molar-refractivity contribution in [1.82, 2.24) is 5.32 Å². The number of hydrogen-bond acceptors (Lipinski definition) is 1. The van der Waals surface area contributed by atoms with Crippen LogP contribution in [0.25, 0.3) is 0 Å². The molecule has 17 heavy (non-hydrogen) atoms. The number of nitrogens with one attached hydrogen (secondary N) is 1. The summed E-state index contributed by atoms with van der Waals surface area (Å²) in [6, 6.07) is 8.10. The zero-order valence-electron chi connectivity index (χ0n) is 10.1. The molecule has 0 fully saturated rings. The molecule has 1 amide bonds. The third-order valence-corrected chi connectivity index (χ3v) is 3.13. The fraction of sp³-hybridized carbons (Fsp3) is 0.357. The molecule has 1 atom stereocenters. The molecule has 0 aliphatic heterocycles. The molecule has 92 valence electrons. The lowest BCUT2D eigenvalue weighted by Crippen LogP contribution is -2.25. The predicted molar refractivity (Wildman–Crippen MR) is 75.0 cm³/mol. The number of hydrogen-bond donors (Lipinski definition) is 1.